The minimum Gasteiger partial charge on any atom is -0.352 e. The molecule has 4 heteroatoms. The number of hydrogen-bond acceptors (Lipinski definition) is 3. The third kappa shape index (κ3) is 3.38. The van der Waals surface area contributed by atoms with Crippen molar-refractivity contribution < 1.29 is 4.79 Å². The molecule has 1 saturated heterocycles. The Morgan fingerprint density at radius 3 is 3.18 bits per heavy atom. The van der Waals surface area contributed by atoms with Crippen LogP contribution in [-0.2, 0) is 4.79 Å². The molecule has 0 aliphatic carbocycles. The molecule has 1 fully saturated rings. The number of thioether (sulfide) groups is 2. The van der Waals surface area contributed by atoms with Gasteiger partial charge in [0.05, 0.1) is 5.75 Å². The maximum atomic E-state index is 11.1. The Hall–Kier alpha value is 0.170. The highest BCUT2D eigenvalue weighted by Crippen LogP contribution is 2.16. The van der Waals surface area contributed by atoms with Gasteiger partial charge in [0.1, 0.15) is 0 Å². The summed E-state index contributed by atoms with van der Waals surface area (Å²) in [5, 5.41) is 3.00. The van der Waals surface area contributed by atoms with E-state index in [2.05, 4.69) is 5.32 Å². The first-order valence-corrected chi connectivity index (χ1v) is 6.24. The summed E-state index contributed by atoms with van der Waals surface area (Å²) < 4.78 is 0. The normalized spacial score (nSPS) is 23.5. The Morgan fingerprint density at radius 2 is 2.64 bits per heavy atom. The SMILES string of the molecule is CSCC(=O)NC1CCSC1. The monoisotopic (exact) mass is 191 g/mol. The van der Waals surface area contributed by atoms with Crippen LogP contribution in [0.25, 0.3) is 0 Å². The summed E-state index contributed by atoms with van der Waals surface area (Å²) in [6.45, 7) is 0. The van der Waals surface area contributed by atoms with Gasteiger partial charge in [-0.15, -0.1) is 0 Å². The molecule has 2 nitrogen and oxygen atoms in total. The van der Waals surface area contributed by atoms with E-state index in [4.69, 9.17) is 0 Å². The van der Waals surface area contributed by atoms with Gasteiger partial charge in [0.15, 0.2) is 0 Å². The van der Waals surface area contributed by atoms with Gasteiger partial charge in [-0.25, -0.2) is 0 Å². The number of carbonyl (C=O) groups excluding carboxylic acids is 1. The molecule has 1 unspecified atom stereocenters. The molecule has 1 atom stereocenters. The van der Waals surface area contributed by atoms with Gasteiger partial charge in [0.2, 0.25) is 5.91 Å². The molecule has 0 bridgehead atoms. The van der Waals surface area contributed by atoms with Gasteiger partial charge in [-0.3, -0.25) is 4.79 Å². The van der Waals surface area contributed by atoms with Crippen LogP contribution in [0, 0.1) is 0 Å². The zero-order valence-electron chi connectivity index (χ0n) is 6.63. The van der Waals surface area contributed by atoms with Crippen molar-refractivity contribution in [2.45, 2.75) is 12.5 Å². The molecule has 11 heavy (non-hydrogen) atoms. The van der Waals surface area contributed by atoms with E-state index in [0.717, 1.165) is 12.2 Å². The van der Waals surface area contributed by atoms with Crippen molar-refractivity contribution in [1.29, 1.82) is 0 Å². The lowest BCUT2D eigenvalue weighted by molar-refractivity contribution is -0.119. The number of rotatable bonds is 3. The van der Waals surface area contributed by atoms with Crippen LogP contribution >= 0.6 is 23.5 Å². The van der Waals surface area contributed by atoms with Crippen molar-refractivity contribution in [2.75, 3.05) is 23.5 Å². The largest absolute Gasteiger partial charge is 0.352 e. The van der Waals surface area contributed by atoms with Crippen LogP contribution in [-0.4, -0.2) is 35.5 Å². The molecule has 1 N–H and O–H groups in total. The lowest BCUT2D eigenvalue weighted by Gasteiger charge is -2.09. The predicted molar refractivity (Wildman–Crippen MR) is 52.3 cm³/mol. The van der Waals surface area contributed by atoms with E-state index in [-0.39, 0.29) is 5.91 Å². The van der Waals surface area contributed by atoms with Crippen molar-refractivity contribution in [2.24, 2.45) is 0 Å². The van der Waals surface area contributed by atoms with Gasteiger partial charge >= 0.3 is 0 Å². The quantitative estimate of drug-likeness (QED) is 0.721. The summed E-state index contributed by atoms with van der Waals surface area (Å²) in [4.78, 5) is 11.1. The van der Waals surface area contributed by atoms with Gasteiger partial charge < -0.3 is 5.32 Å². The van der Waals surface area contributed by atoms with E-state index >= 15 is 0 Å². The maximum absolute atomic E-state index is 11.1. The number of hydrogen-bond donors (Lipinski definition) is 1. The first-order chi connectivity index (χ1) is 5.33. The van der Waals surface area contributed by atoms with E-state index in [1.165, 1.54) is 5.75 Å². The van der Waals surface area contributed by atoms with Gasteiger partial charge in [0, 0.05) is 11.8 Å². The Bertz CT molecular complexity index is 134. The van der Waals surface area contributed by atoms with Crippen LogP contribution < -0.4 is 5.32 Å². The summed E-state index contributed by atoms with van der Waals surface area (Å²) in [5.74, 6) is 3.08. The van der Waals surface area contributed by atoms with Gasteiger partial charge in [0.25, 0.3) is 0 Å². The summed E-state index contributed by atoms with van der Waals surface area (Å²) in [6.07, 6.45) is 3.09. The third-order valence-corrected chi connectivity index (χ3v) is 3.28. The van der Waals surface area contributed by atoms with Crippen molar-refractivity contribution in [3.8, 4) is 0 Å². The van der Waals surface area contributed by atoms with Crippen molar-refractivity contribution >= 4 is 29.4 Å². The summed E-state index contributed by atoms with van der Waals surface area (Å²) in [7, 11) is 0. The molecule has 1 heterocycles. The zero-order valence-corrected chi connectivity index (χ0v) is 8.26. The van der Waals surface area contributed by atoms with Crippen molar-refractivity contribution in [3.63, 3.8) is 0 Å². The zero-order chi connectivity index (χ0) is 8.10. The van der Waals surface area contributed by atoms with Crippen LogP contribution in [0.2, 0.25) is 0 Å². The highest BCUT2D eigenvalue weighted by atomic mass is 32.2. The lowest BCUT2D eigenvalue weighted by Crippen LogP contribution is -2.35. The summed E-state index contributed by atoms with van der Waals surface area (Å²) in [5.41, 5.74) is 0. The van der Waals surface area contributed by atoms with Crippen LogP contribution in [0.1, 0.15) is 6.42 Å². The fourth-order valence-electron chi connectivity index (χ4n) is 1.05. The van der Waals surface area contributed by atoms with Crippen LogP contribution in [0.15, 0.2) is 0 Å². The highest BCUT2D eigenvalue weighted by Gasteiger charge is 2.16. The smallest absolute Gasteiger partial charge is 0.230 e. The van der Waals surface area contributed by atoms with Crippen molar-refractivity contribution in [3.05, 3.63) is 0 Å². The van der Waals surface area contributed by atoms with Gasteiger partial charge in [-0.05, 0) is 18.4 Å². The number of amides is 1. The predicted octanol–water partition coefficient (Wildman–Crippen LogP) is 0.971. The maximum Gasteiger partial charge on any atom is 0.230 e. The molecule has 0 spiro atoms. The molecule has 1 rings (SSSR count). The Balaban J connectivity index is 2.13. The summed E-state index contributed by atoms with van der Waals surface area (Å²) in [6, 6.07) is 0.444. The molecule has 1 aliphatic rings. The Labute approximate surface area is 75.9 Å². The molecular weight excluding hydrogens is 178 g/mol. The fourth-order valence-corrected chi connectivity index (χ4v) is 2.55. The molecule has 0 saturated carbocycles. The standard InChI is InChI=1S/C7H13NOS2/c1-10-5-7(9)8-6-2-3-11-4-6/h6H,2-5H2,1H3,(H,8,9). The van der Waals surface area contributed by atoms with E-state index in [1.807, 2.05) is 18.0 Å². The first-order valence-electron chi connectivity index (χ1n) is 3.69. The topological polar surface area (TPSA) is 29.1 Å². The van der Waals surface area contributed by atoms with E-state index in [1.54, 1.807) is 11.8 Å². The summed E-state index contributed by atoms with van der Waals surface area (Å²) >= 11 is 3.49. The second-order valence-corrected chi connectivity index (χ2v) is 4.58. The molecular formula is C7H13NOS2. The van der Waals surface area contributed by atoms with Crippen LogP contribution in [0.3, 0.4) is 0 Å². The molecule has 0 aromatic carbocycles. The highest BCUT2D eigenvalue weighted by molar-refractivity contribution is 7.99. The average molecular weight is 191 g/mol. The molecule has 1 amide bonds. The third-order valence-electron chi connectivity index (χ3n) is 1.57. The van der Waals surface area contributed by atoms with E-state index in [0.29, 0.717) is 11.8 Å². The fraction of sp³-hybridized carbons (Fsp3) is 0.857. The van der Waals surface area contributed by atoms with Crippen molar-refractivity contribution in [1.82, 2.24) is 5.32 Å². The van der Waals surface area contributed by atoms with Crippen LogP contribution in [0.4, 0.5) is 0 Å². The Morgan fingerprint density at radius 1 is 1.82 bits per heavy atom. The number of carbonyl (C=O) groups is 1. The molecule has 0 aromatic heterocycles. The van der Waals surface area contributed by atoms with Gasteiger partial charge in [-0.1, -0.05) is 0 Å². The minimum absolute atomic E-state index is 0.185. The minimum atomic E-state index is 0.185. The van der Waals surface area contributed by atoms with Crippen LogP contribution in [0.5, 0.6) is 0 Å². The van der Waals surface area contributed by atoms with E-state index in [9.17, 15) is 4.79 Å². The average Bonchev–Trinajstić information content (AvgIpc) is 2.40. The molecule has 64 valence electrons. The second kappa shape index (κ2) is 4.93. The molecule has 0 radical (unpaired) electrons. The molecule has 0 aromatic rings. The first kappa shape index (κ1) is 9.26. The molecule has 1 aliphatic heterocycles. The Kier molecular flexibility index (Phi) is 4.15. The second-order valence-electron chi connectivity index (χ2n) is 2.56. The van der Waals surface area contributed by atoms with Gasteiger partial charge in [-0.2, -0.15) is 23.5 Å². The van der Waals surface area contributed by atoms with E-state index < -0.39 is 0 Å². The number of nitrogens with one attached hydrogen (secondary N) is 1. The lowest BCUT2D eigenvalue weighted by atomic mass is 10.3.